The molecule has 1 aromatic heterocycles. The molecule has 0 saturated heterocycles. The summed E-state index contributed by atoms with van der Waals surface area (Å²) >= 11 is 1.35. The number of thiophene rings is 1. The molecule has 98 valence electrons. The Balaban J connectivity index is 2.52. The first kappa shape index (κ1) is 14.4. The van der Waals surface area contributed by atoms with Gasteiger partial charge >= 0.3 is 5.97 Å². The minimum absolute atomic E-state index is 0.109. The number of nitrogens with one attached hydrogen (secondary N) is 1. The number of carboxylic acid groups (broad SMARTS) is 1. The second-order valence-electron chi connectivity index (χ2n) is 4.35. The Hall–Kier alpha value is -1.62. The third-order valence-electron chi connectivity index (χ3n) is 2.28. The smallest absolute Gasteiger partial charge is 0.328 e. The maximum Gasteiger partial charge on any atom is 0.328 e. The van der Waals surface area contributed by atoms with Gasteiger partial charge in [-0.3, -0.25) is 4.79 Å². The van der Waals surface area contributed by atoms with Crippen molar-refractivity contribution in [1.29, 1.82) is 0 Å². The van der Waals surface area contributed by atoms with E-state index in [4.69, 9.17) is 5.11 Å². The predicted octanol–water partition coefficient (Wildman–Crippen LogP) is 2.62. The Kier molecular flexibility index (Phi) is 5.58. The van der Waals surface area contributed by atoms with Crippen LogP contribution in [0.15, 0.2) is 17.5 Å². The van der Waals surface area contributed by atoms with Gasteiger partial charge in [0.15, 0.2) is 0 Å². The van der Waals surface area contributed by atoms with Crippen LogP contribution in [0.1, 0.15) is 35.5 Å². The SMILES string of the molecule is CC(C)CCNC(=O)c1csc(C=CC(=O)O)c1. The molecular formula is C13H17NO3S. The molecule has 0 saturated carbocycles. The average molecular weight is 267 g/mol. The molecule has 5 heteroatoms. The normalized spacial score (nSPS) is 11.1. The van der Waals surface area contributed by atoms with Gasteiger partial charge in [-0.15, -0.1) is 11.3 Å². The fourth-order valence-electron chi connectivity index (χ4n) is 1.29. The fourth-order valence-corrected chi connectivity index (χ4v) is 2.07. The number of rotatable bonds is 6. The van der Waals surface area contributed by atoms with Crippen molar-refractivity contribution < 1.29 is 14.7 Å². The van der Waals surface area contributed by atoms with Crippen molar-refractivity contribution in [2.24, 2.45) is 5.92 Å². The van der Waals surface area contributed by atoms with E-state index in [9.17, 15) is 9.59 Å². The van der Waals surface area contributed by atoms with Crippen LogP contribution in [0.2, 0.25) is 0 Å². The Morgan fingerprint density at radius 3 is 2.83 bits per heavy atom. The zero-order valence-electron chi connectivity index (χ0n) is 10.5. The van der Waals surface area contributed by atoms with Crippen molar-refractivity contribution in [3.8, 4) is 0 Å². The number of amides is 1. The molecule has 1 amide bonds. The monoisotopic (exact) mass is 267 g/mol. The van der Waals surface area contributed by atoms with Crippen molar-refractivity contribution in [3.63, 3.8) is 0 Å². The first-order chi connectivity index (χ1) is 8.49. The van der Waals surface area contributed by atoms with Gasteiger partial charge in [-0.05, 0) is 24.5 Å². The molecule has 0 radical (unpaired) electrons. The van der Waals surface area contributed by atoms with Crippen LogP contribution in [0.3, 0.4) is 0 Å². The van der Waals surface area contributed by atoms with Gasteiger partial charge < -0.3 is 10.4 Å². The van der Waals surface area contributed by atoms with Crippen LogP contribution in [0.5, 0.6) is 0 Å². The first-order valence-electron chi connectivity index (χ1n) is 5.76. The number of hydrogen-bond acceptors (Lipinski definition) is 3. The quantitative estimate of drug-likeness (QED) is 0.779. The van der Waals surface area contributed by atoms with Crippen LogP contribution in [0.25, 0.3) is 6.08 Å². The highest BCUT2D eigenvalue weighted by Crippen LogP contribution is 2.16. The number of aliphatic carboxylic acids is 1. The average Bonchev–Trinajstić information content (AvgIpc) is 2.74. The minimum atomic E-state index is -0.994. The highest BCUT2D eigenvalue weighted by molar-refractivity contribution is 7.11. The van der Waals surface area contributed by atoms with Crippen molar-refractivity contribution in [2.45, 2.75) is 20.3 Å². The van der Waals surface area contributed by atoms with E-state index < -0.39 is 5.97 Å². The first-order valence-corrected chi connectivity index (χ1v) is 6.64. The third kappa shape index (κ3) is 5.14. The lowest BCUT2D eigenvalue weighted by molar-refractivity contribution is -0.131. The lowest BCUT2D eigenvalue weighted by atomic mass is 10.1. The molecule has 0 fully saturated rings. The summed E-state index contributed by atoms with van der Waals surface area (Å²) in [5.41, 5.74) is 0.578. The molecular weight excluding hydrogens is 250 g/mol. The second kappa shape index (κ2) is 6.96. The summed E-state index contributed by atoms with van der Waals surface area (Å²) in [7, 11) is 0. The molecule has 0 aliphatic carbocycles. The second-order valence-corrected chi connectivity index (χ2v) is 5.29. The molecule has 0 bridgehead atoms. The van der Waals surface area contributed by atoms with Crippen molar-refractivity contribution in [3.05, 3.63) is 28.0 Å². The molecule has 0 aromatic carbocycles. The van der Waals surface area contributed by atoms with Crippen molar-refractivity contribution in [2.75, 3.05) is 6.54 Å². The zero-order chi connectivity index (χ0) is 13.5. The van der Waals surface area contributed by atoms with Gasteiger partial charge in [0.05, 0.1) is 5.56 Å². The van der Waals surface area contributed by atoms with Crippen LogP contribution >= 0.6 is 11.3 Å². The van der Waals surface area contributed by atoms with E-state index in [-0.39, 0.29) is 5.91 Å². The molecule has 0 spiro atoms. The maximum absolute atomic E-state index is 11.7. The summed E-state index contributed by atoms with van der Waals surface area (Å²) in [5, 5.41) is 13.1. The Bertz CT molecular complexity index is 449. The van der Waals surface area contributed by atoms with Gasteiger partial charge in [0, 0.05) is 22.9 Å². The van der Waals surface area contributed by atoms with Gasteiger partial charge in [-0.2, -0.15) is 0 Å². The summed E-state index contributed by atoms with van der Waals surface area (Å²) in [5.74, 6) is -0.546. The van der Waals surface area contributed by atoms with Crippen LogP contribution in [0, 0.1) is 5.92 Å². The lowest BCUT2D eigenvalue weighted by Gasteiger charge is -2.05. The van der Waals surface area contributed by atoms with Gasteiger partial charge in [0.2, 0.25) is 0 Å². The van der Waals surface area contributed by atoms with Crippen molar-refractivity contribution in [1.82, 2.24) is 5.32 Å². The largest absolute Gasteiger partial charge is 0.478 e. The van der Waals surface area contributed by atoms with E-state index in [2.05, 4.69) is 19.2 Å². The highest BCUT2D eigenvalue weighted by atomic mass is 32.1. The van der Waals surface area contributed by atoms with Crippen LogP contribution < -0.4 is 5.32 Å². The predicted molar refractivity (Wildman–Crippen MR) is 72.8 cm³/mol. The summed E-state index contributed by atoms with van der Waals surface area (Å²) in [6, 6.07) is 1.69. The number of carboxylic acids is 1. The molecule has 4 nitrogen and oxygen atoms in total. The summed E-state index contributed by atoms with van der Waals surface area (Å²) in [6.45, 7) is 4.86. The molecule has 0 aliphatic heterocycles. The highest BCUT2D eigenvalue weighted by Gasteiger charge is 2.07. The van der Waals surface area contributed by atoms with Crippen LogP contribution in [0.4, 0.5) is 0 Å². The van der Waals surface area contributed by atoms with Gasteiger partial charge in [-0.25, -0.2) is 4.79 Å². The molecule has 1 aromatic rings. The molecule has 1 rings (SSSR count). The standard InChI is InChI=1S/C13H17NO3S/c1-9(2)5-6-14-13(17)10-7-11(18-8-10)3-4-12(15)16/h3-4,7-9H,5-6H2,1-2H3,(H,14,17)(H,15,16). The van der Waals surface area contributed by atoms with Gasteiger partial charge in [0.25, 0.3) is 5.91 Å². The van der Waals surface area contributed by atoms with E-state index in [0.29, 0.717) is 18.0 Å². The molecule has 0 aliphatic rings. The minimum Gasteiger partial charge on any atom is -0.478 e. The Morgan fingerprint density at radius 1 is 1.50 bits per heavy atom. The maximum atomic E-state index is 11.7. The van der Waals surface area contributed by atoms with Crippen LogP contribution in [-0.4, -0.2) is 23.5 Å². The van der Waals surface area contributed by atoms with Crippen LogP contribution in [-0.2, 0) is 4.79 Å². The summed E-state index contributed by atoms with van der Waals surface area (Å²) in [4.78, 5) is 22.8. The number of carbonyl (C=O) groups is 2. The lowest BCUT2D eigenvalue weighted by Crippen LogP contribution is -2.24. The molecule has 1 heterocycles. The fraction of sp³-hybridized carbons (Fsp3) is 0.385. The molecule has 0 unspecified atom stereocenters. The van der Waals surface area contributed by atoms with E-state index in [1.165, 1.54) is 17.4 Å². The molecule has 18 heavy (non-hydrogen) atoms. The Morgan fingerprint density at radius 2 is 2.22 bits per heavy atom. The van der Waals surface area contributed by atoms with Crippen molar-refractivity contribution >= 4 is 29.3 Å². The van der Waals surface area contributed by atoms with E-state index in [1.54, 1.807) is 11.4 Å². The van der Waals surface area contributed by atoms with Gasteiger partial charge in [0.1, 0.15) is 0 Å². The molecule has 2 N–H and O–H groups in total. The summed E-state index contributed by atoms with van der Waals surface area (Å²) in [6.07, 6.45) is 3.49. The Labute approximate surface area is 110 Å². The van der Waals surface area contributed by atoms with E-state index in [0.717, 1.165) is 17.4 Å². The van der Waals surface area contributed by atoms with Gasteiger partial charge in [-0.1, -0.05) is 13.8 Å². The summed E-state index contributed by atoms with van der Waals surface area (Å²) < 4.78 is 0. The topological polar surface area (TPSA) is 66.4 Å². The molecule has 0 atom stereocenters. The third-order valence-corrected chi connectivity index (χ3v) is 3.18. The zero-order valence-corrected chi connectivity index (χ0v) is 11.3. The van der Waals surface area contributed by atoms with E-state index in [1.807, 2.05) is 0 Å². The number of carbonyl (C=O) groups excluding carboxylic acids is 1. The number of hydrogen-bond donors (Lipinski definition) is 2. The van der Waals surface area contributed by atoms with E-state index >= 15 is 0 Å².